The molecule has 0 bridgehead atoms. The first-order chi connectivity index (χ1) is 8.97. The highest BCUT2D eigenvalue weighted by Crippen LogP contribution is 2.35. The van der Waals surface area contributed by atoms with Crippen LogP contribution in [0.25, 0.3) is 0 Å². The smallest absolute Gasteiger partial charge is 0.258 e. The van der Waals surface area contributed by atoms with E-state index in [1.807, 2.05) is 0 Å². The number of hydrogen-bond donors (Lipinski definition) is 1. The molecular formula is C13H11Cl2NO3. The number of benzene rings is 1. The summed E-state index contributed by atoms with van der Waals surface area (Å²) in [6, 6.07) is 2.98. The molecule has 0 radical (unpaired) electrons. The number of nitrogens with one attached hydrogen (secondary N) is 1. The fraction of sp³-hybridized carbons (Fsp3) is 0.231. The fourth-order valence-corrected chi connectivity index (χ4v) is 1.66. The quantitative estimate of drug-likeness (QED) is 0.670. The van der Waals surface area contributed by atoms with E-state index in [-0.39, 0.29) is 40.3 Å². The summed E-state index contributed by atoms with van der Waals surface area (Å²) in [5.74, 6) is 1.70. The van der Waals surface area contributed by atoms with Gasteiger partial charge in [-0.25, -0.2) is 0 Å². The van der Waals surface area contributed by atoms with Gasteiger partial charge in [0.15, 0.2) is 18.1 Å². The van der Waals surface area contributed by atoms with Crippen molar-refractivity contribution in [2.45, 2.75) is 6.92 Å². The Balaban J connectivity index is 2.88. The lowest BCUT2D eigenvalue weighted by Gasteiger charge is -2.12. The lowest BCUT2D eigenvalue weighted by atomic mass is 10.1. The first kappa shape index (κ1) is 15.4. The molecule has 19 heavy (non-hydrogen) atoms. The Labute approximate surface area is 121 Å². The number of hydrogen-bond acceptors (Lipinski definition) is 3. The summed E-state index contributed by atoms with van der Waals surface area (Å²) in [4.78, 5) is 22.8. The Bertz CT molecular complexity index is 550. The van der Waals surface area contributed by atoms with E-state index in [0.29, 0.717) is 0 Å². The normalized spacial score (nSPS) is 9.58. The second-order valence-corrected chi connectivity index (χ2v) is 4.35. The van der Waals surface area contributed by atoms with Gasteiger partial charge in [0.25, 0.3) is 5.91 Å². The molecule has 0 aliphatic heterocycles. The van der Waals surface area contributed by atoms with Gasteiger partial charge in [-0.15, -0.1) is 6.42 Å². The van der Waals surface area contributed by atoms with Crippen molar-refractivity contribution in [2.75, 3.05) is 13.2 Å². The predicted molar refractivity (Wildman–Crippen MR) is 73.8 cm³/mol. The van der Waals surface area contributed by atoms with Gasteiger partial charge in [0.2, 0.25) is 0 Å². The van der Waals surface area contributed by atoms with Gasteiger partial charge in [-0.05, 0) is 19.1 Å². The minimum atomic E-state index is -0.413. The Morgan fingerprint density at radius 1 is 1.42 bits per heavy atom. The molecule has 6 heteroatoms. The summed E-state index contributed by atoms with van der Waals surface area (Å²) in [7, 11) is 0. The van der Waals surface area contributed by atoms with Crippen molar-refractivity contribution in [2.24, 2.45) is 0 Å². The van der Waals surface area contributed by atoms with Crippen LogP contribution in [0.2, 0.25) is 10.0 Å². The summed E-state index contributed by atoms with van der Waals surface area (Å²) in [5.41, 5.74) is 0.263. The number of terminal acetylenes is 1. The van der Waals surface area contributed by atoms with Crippen molar-refractivity contribution >= 4 is 34.9 Å². The Kier molecular flexibility index (Phi) is 5.68. The van der Waals surface area contributed by atoms with Crippen molar-refractivity contribution in [1.29, 1.82) is 0 Å². The van der Waals surface area contributed by atoms with Crippen LogP contribution >= 0.6 is 23.2 Å². The Morgan fingerprint density at radius 2 is 2.11 bits per heavy atom. The van der Waals surface area contributed by atoms with E-state index >= 15 is 0 Å². The third-order valence-electron chi connectivity index (χ3n) is 2.16. The molecule has 0 fully saturated rings. The van der Waals surface area contributed by atoms with E-state index in [4.69, 9.17) is 34.4 Å². The predicted octanol–water partition coefficient (Wildman–Crippen LogP) is 2.32. The molecule has 1 N–H and O–H groups in total. The van der Waals surface area contributed by atoms with Crippen LogP contribution in [-0.4, -0.2) is 24.8 Å². The van der Waals surface area contributed by atoms with Crippen LogP contribution < -0.4 is 10.1 Å². The highest BCUT2D eigenvalue weighted by molar-refractivity contribution is 6.43. The third-order valence-corrected chi connectivity index (χ3v) is 2.95. The molecule has 4 nitrogen and oxygen atoms in total. The minimum Gasteiger partial charge on any atom is -0.481 e. The van der Waals surface area contributed by atoms with Crippen LogP contribution in [0, 0.1) is 12.3 Å². The first-order valence-corrected chi connectivity index (χ1v) is 6.04. The van der Waals surface area contributed by atoms with E-state index in [1.54, 1.807) is 0 Å². The number of rotatable bonds is 5. The lowest BCUT2D eigenvalue weighted by molar-refractivity contribution is -0.122. The van der Waals surface area contributed by atoms with Crippen molar-refractivity contribution in [3.63, 3.8) is 0 Å². The standard InChI is InChI=1S/C13H11Cl2NO3/c1-3-6-16-11(18)7-19-13-9(8(2)17)4-5-10(14)12(13)15/h1,4-5H,6-7H2,2H3,(H,16,18). The van der Waals surface area contributed by atoms with Crippen molar-refractivity contribution in [3.8, 4) is 18.1 Å². The van der Waals surface area contributed by atoms with Crippen LogP contribution in [0.1, 0.15) is 17.3 Å². The van der Waals surface area contributed by atoms with E-state index in [9.17, 15) is 9.59 Å². The number of carbonyl (C=O) groups excluding carboxylic acids is 2. The lowest BCUT2D eigenvalue weighted by Crippen LogP contribution is -2.29. The molecule has 0 saturated heterocycles. The molecule has 1 aromatic carbocycles. The number of halogens is 2. The number of carbonyl (C=O) groups is 2. The molecule has 100 valence electrons. The first-order valence-electron chi connectivity index (χ1n) is 5.29. The number of ketones is 1. The molecular weight excluding hydrogens is 289 g/mol. The van der Waals surface area contributed by atoms with Crippen LogP contribution in [0.4, 0.5) is 0 Å². The van der Waals surface area contributed by atoms with E-state index < -0.39 is 5.91 Å². The van der Waals surface area contributed by atoms with Crippen molar-refractivity contribution in [3.05, 3.63) is 27.7 Å². The van der Waals surface area contributed by atoms with Crippen LogP contribution in [0.15, 0.2) is 12.1 Å². The van der Waals surface area contributed by atoms with Crippen LogP contribution in [-0.2, 0) is 4.79 Å². The van der Waals surface area contributed by atoms with Gasteiger partial charge in [-0.3, -0.25) is 9.59 Å². The average molecular weight is 300 g/mol. The minimum absolute atomic E-state index is 0.0949. The summed E-state index contributed by atoms with van der Waals surface area (Å²) in [6.07, 6.45) is 5.00. The van der Waals surface area contributed by atoms with E-state index in [2.05, 4.69) is 11.2 Å². The maximum Gasteiger partial charge on any atom is 0.258 e. The zero-order valence-corrected chi connectivity index (χ0v) is 11.6. The van der Waals surface area contributed by atoms with Gasteiger partial charge >= 0.3 is 0 Å². The largest absolute Gasteiger partial charge is 0.481 e. The van der Waals surface area contributed by atoms with Gasteiger partial charge in [0, 0.05) is 0 Å². The SMILES string of the molecule is C#CCNC(=O)COc1c(C(C)=O)ccc(Cl)c1Cl. The van der Waals surface area contributed by atoms with Crippen LogP contribution in [0.3, 0.4) is 0 Å². The van der Waals surface area contributed by atoms with Crippen molar-refractivity contribution in [1.82, 2.24) is 5.32 Å². The van der Waals surface area contributed by atoms with Gasteiger partial charge < -0.3 is 10.1 Å². The van der Waals surface area contributed by atoms with Gasteiger partial charge in [0.05, 0.1) is 17.1 Å². The summed E-state index contributed by atoms with van der Waals surface area (Å²) < 4.78 is 5.25. The maximum absolute atomic E-state index is 11.4. The highest BCUT2D eigenvalue weighted by atomic mass is 35.5. The summed E-state index contributed by atoms with van der Waals surface area (Å²) in [5, 5.41) is 2.76. The zero-order chi connectivity index (χ0) is 14.4. The molecule has 1 rings (SSSR count). The molecule has 0 spiro atoms. The second-order valence-electron chi connectivity index (χ2n) is 3.56. The molecule has 0 unspecified atom stereocenters. The van der Waals surface area contributed by atoms with E-state index in [0.717, 1.165) is 0 Å². The zero-order valence-electron chi connectivity index (χ0n) is 10.1. The van der Waals surface area contributed by atoms with Crippen molar-refractivity contribution < 1.29 is 14.3 Å². The molecule has 0 heterocycles. The summed E-state index contributed by atoms with van der Waals surface area (Å²) >= 11 is 11.8. The molecule has 0 aliphatic carbocycles. The number of ether oxygens (including phenoxy) is 1. The topological polar surface area (TPSA) is 55.4 Å². The van der Waals surface area contributed by atoms with Gasteiger partial charge in [-0.1, -0.05) is 29.1 Å². The van der Waals surface area contributed by atoms with Gasteiger partial charge in [-0.2, -0.15) is 0 Å². The monoisotopic (exact) mass is 299 g/mol. The fourth-order valence-electron chi connectivity index (χ4n) is 1.29. The van der Waals surface area contributed by atoms with E-state index in [1.165, 1.54) is 19.1 Å². The number of Topliss-reactive ketones (excluding diaryl/α,β-unsaturated/α-hetero) is 1. The highest BCUT2D eigenvalue weighted by Gasteiger charge is 2.16. The molecule has 1 amide bonds. The molecule has 0 aliphatic rings. The Morgan fingerprint density at radius 3 is 2.68 bits per heavy atom. The second kappa shape index (κ2) is 7.03. The summed E-state index contributed by atoms with van der Waals surface area (Å²) in [6.45, 7) is 1.16. The third kappa shape index (κ3) is 4.16. The van der Waals surface area contributed by atoms with Gasteiger partial charge in [0.1, 0.15) is 5.02 Å². The molecule has 0 saturated carbocycles. The molecule has 0 atom stereocenters. The average Bonchev–Trinajstić information content (AvgIpc) is 2.37. The molecule has 0 aromatic heterocycles. The number of amides is 1. The van der Waals surface area contributed by atoms with Crippen LogP contribution in [0.5, 0.6) is 5.75 Å². The Hall–Kier alpha value is -1.70. The molecule has 1 aromatic rings. The maximum atomic E-state index is 11.4.